The molecule has 0 atom stereocenters. The zero-order valence-corrected chi connectivity index (χ0v) is 23.1. The van der Waals surface area contributed by atoms with Gasteiger partial charge in [0, 0.05) is 5.56 Å². The predicted octanol–water partition coefficient (Wildman–Crippen LogP) is 5.79. The van der Waals surface area contributed by atoms with Crippen LogP contribution in [0.5, 0.6) is 23.0 Å². The Morgan fingerprint density at radius 1 is 0.927 bits per heavy atom. The first kappa shape index (κ1) is 27.8. The largest absolute Gasteiger partial charge is 0.493 e. The maximum atomic E-state index is 14.0. The number of halogens is 1. The number of ether oxygens (including phenoxy) is 4. The lowest BCUT2D eigenvalue weighted by Crippen LogP contribution is -2.18. The summed E-state index contributed by atoms with van der Waals surface area (Å²) < 4.78 is 42.4. The van der Waals surface area contributed by atoms with Gasteiger partial charge in [-0.05, 0) is 78.4 Å². The summed E-state index contributed by atoms with van der Waals surface area (Å²) in [7, 11) is 3.00. The van der Waals surface area contributed by atoms with Gasteiger partial charge in [-0.1, -0.05) is 12.1 Å². The lowest BCUT2D eigenvalue weighted by molar-refractivity contribution is -0.115. The van der Waals surface area contributed by atoms with Crippen molar-refractivity contribution in [2.24, 2.45) is 0 Å². The SMILES string of the molecule is COc1ccc(-c2oc3ccc(F)cc3c(=O)c2OCCOc2cccc(/C(C)=C3/SC(=O)NC3=O)c2)cc1OC. The molecule has 9 nitrogen and oxygen atoms in total. The Labute approximate surface area is 237 Å². The second-order valence-corrected chi connectivity index (χ2v) is 9.81. The first-order valence-electron chi connectivity index (χ1n) is 12.4. The summed E-state index contributed by atoms with van der Waals surface area (Å²) in [6.45, 7) is 1.77. The molecule has 0 spiro atoms. The fourth-order valence-corrected chi connectivity index (χ4v) is 5.01. The van der Waals surface area contributed by atoms with E-state index in [0.717, 1.165) is 17.8 Å². The summed E-state index contributed by atoms with van der Waals surface area (Å²) in [6, 6.07) is 15.7. The number of hydrogen-bond donors (Lipinski definition) is 1. The second-order valence-electron chi connectivity index (χ2n) is 8.82. The van der Waals surface area contributed by atoms with E-state index in [1.165, 1.54) is 26.4 Å². The van der Waals surface area contributed by atoms with Gasteiger partial charge in [0.1, 0.15) is 30.4 Å². The van der Waals surface area contributed by atoms with Gasteiger partial charge in [-0.2, -0.15) is 0 Å². The number of carbonyl (C=O) groups excluding carboxylic acids is 2. The maximum absolute atomic E-state index is 14.0. The summed E-state index contributed by atoms with van der Waals surface area (Å²) in [4.78, 5) is 37.3. The lowest BCUT2D eigenvalue weighted by atomic mass is 10.1. The average molecular weight is 578 g/mol. The Kier molecular flexibility index (Phi) is 7.97. The summed E-state index contributed by atoms with van der Waals surface area (Å²) in [5, 5.41) is 1.87. The Bertz CT molecular complexity index is 1760. The van der Waals surface area contributed by atoms with Gasteiger partial charge < -0.3 is 23.4 Å². The molecule has 3 aromatic carbocycles. The summed E-state index contributed by atoms with van der Waals surface area (Å²) in [6.07, 6.45) is 0. The van der Waals surface area contributed by atoms with E-state index in [4.69, 9.17) is 23.4 Å². The molecule has 1 N–H and O–H groups in total. The molecule has 1 fully saturated rings. The topological polar surface area (TPSA) is 113 Å². The molecule has 1 aliphatic heterocycles. The zero-order valence-electron chi connectivity index (χ0n) is 22.2. The molecular weight excluding hydrogens is 553 g/mol. The van der Waals surface area contributed by atoms with Crippen molar-refractivity contribution in [1.29, 1.82) is 0 Å². The summed E-state index contributed by atoms with van der Waals surface area (Å²) in [5.41, 5.74) is 1.50. The molecule has 0 aliphatic carbocycles. The van der Waals surface area contributed by atoms with Crippen LogP contribution in [0.25, 0.3) is 27.9 Å². The molecule has 0 unspecified atom stereocenters. The quantitative estimate of drug-likeness (QED) is 0.195. The van der Waals surface area contributed by atoms with Crippen LogP contribution >= 0.6 is 11.8 Å². The summed E-state index contributed by atoms with van der Waals surface area (Å²) >= 11 is 0.851. The van der Waals surface area contributed by atoms with Crippen molar-refractivity contribution < 1.29 is 37.3 Å². The Balaban J connectivity index is 1.39. The molecule has 11 heteroatoms. The highest BCUT2D eigenvalue weighted by molar-refractivity contribution is 8.18. The molecule has 1 aromatic heterocycles. The van der Waals surface area contributed by atoms with Crippen molar-refractivity contribution in [2.75, 3.05) is 27.4 Å². The minimum Gasteiger partial charge on any atom is -0.493 e. The third-order valence-electron chi connectivity index (χ3n) is 6.28. The Morgan fingerprint density at radius 2 is 1.71 bits per heavy atom. The van der Waals surface area contributed by atoms with Crippen LogP contribution in [0.4, 0.5) is 9.18 Å². The number of nitrogens with one attached hydrogen (secondary N) is 1. The molecule has 2 amide bonds. The monoisotopic (exact) mass is 577 g/mol. The number of benzene rings is 3. The van der Waals surface area contributed by atoms with Crippen LogP contribution in [-0.2, 0) is 4.79 Å². The highest BCUT2D eigenvalue weighted by Crippen LogP contribution is 2.37. The third kappa shape index (κ3) is 5.75. The van der Waals surface area contributed by atoms with Gasteiger partial charge in [0.25, 0.3) is 11.1 Å². The average Bonchev–Trinajstić information content (AvgIpc) is 3.33. The highest BCUT2D eigenvalue weighted by Gasteiger charge is 2.27. The predicted molar refractivity (Wildman–Crippen MR) is 152 cm³/mol. The first-order chi connectivity index (χ1) is 19.8. The first-order valence-corrected chi connectivity index (χ1v) is 13.2. The van der Waals surface area contributed by atoms with E-state index >= 15 is 0 Å². The van der Waals surface area contributed by atoms with Crippen LogP contribution in [-0.4, -0.2) is 38.6 Å². The number of fused-ring (bicyclic) bond motifs is 1. The van der Waals surface area contributed by atoms with Gasteiger partial charge in [0.2, 0.25) is 11.2 Å². The van der Waals surface area contributed by atoms with E-state index in [0.29, 0.717) is 38.9 Å². The van der Waals surface area contributed by atoms with Gasteiger partial charge in [0.15, 0.2) is 17.3 Å². The molecular formula is C30H24FNO8S. The summed E-state index contributed by atoms with van der Waals surface area (Å²) in [5.74, 6) is 0.419. The number of rotatable bonds is 9. The van der Waals surface area contributed by atoms with Gasteiger partial charge in [-0.15, -0.1) is 0 Å². The molecule has 210 valence electrons. The number of imide groups is 1. The molecule has 0 radical (unpaired) electrons. The zero-order chi connectivity index (χ0) is 29.1. The lowest BCUT2D eigenvalue weighted by Gasteiger charge is -2.14. The molecule has 2 heterocycles. The van der Waals surface area contributed by atoms with Gasteiger partial charge in [0.05, 0.1) is 24.5 Å². The molecule has 1 saturated heterocycles. The standard InChI is InChI=1S/C30H24FNO8S/c1-16(28-29(34)32-30(35)41-28)17-5-4-6-20(13-17)38-11-12-39-27-25(33)21-15-19(31)8-10-22(21)40-26(27)18-7-9-23(36-2)24(14-18)37-3/h4-10,13-15H,11-12H2,1-3H3,(H,32,34,35)/b28-16+. The molecule has 4 aromatic rings. The Hall–Kier alpha value is -4.77. The van der Waals surface area contributed by atoms with Crippen LogP contribution < -0.4 is 29.7 Å². The van der Waals surface area contributed by atoms with Crippen LogP contribution in [0.3, 0.4) is 0 Å². The minimum atomic E-state index is -0.582. The van der Waals surface area contributed by atoms with Gasteiger partial charge in [-0.3, -0.25) is 19.7 Å². The molecule has 0 bridgehead atoms. The van der Waals surface area contributed by atoms with Crippen molar-refractivity contribution in [3.63, 3.8) is 0 Å². The van der Waals surface area contributed by atoms with Gasteiger partial charge >= 0.3 is 0 Å². The highest BCUT2D eigenvalue weighted by atomic mass is 32.2. The minimum absolute atomic E-state index is 0.0358. The van der Waals surface area contributed by atoms with E-state index in [2.05, 4.69) is 5.32 Å². The van der Waals surface area contributed by atoms with E-state index in [9.17, 15) is 18.8 Å². The van der Waals surface area contributed by atoms with Gasteiger partial charge in [-0.25, -0.2) is 4.39 Å². The van der Waals surface area contributed by atoms with Crippen LogP contribution in [0.2, 0.25) is 0 Å². The van der Waals surface area contributed by atoms with Crippen molar-refractivity contribution in [1.82, 2.24) is 5.32 Å². The maximum Gasteiger partial charge on any atom is 0.290 e. The fraction of sp³-hybridized carbons (Fsp3) is 0.167. The molecule has 0 saturated carbocycles. The van der Waals surface area contributed by atoms with Crippen molar-refractivity contribution in [3.05, 3.63) is 87.2 Å². The number of allylic oxidation sites excluding steroid dienone is 1. The van der Waals surface area contributed by atoms with Crippen molar-refractivity contribution in [3.8, 4) is 34.3 Å². The van der Waals surface area contributed by atoms with Crippen molar-refractivity contribution >= 4 is 39.5 Å². The van der Waals surface area contributed by atoms with Crippen molar-refractivity contribution in [2.45, 2.75) is 6.92 Å². The molecule has 1 aliphatic rings. The smallest absolute Gasteiger partial charge is 0.290 e. The van der Waals surface area contributed by atoms with E-state index in [1.54, 1.807) is 49.4 Å². The number of methoxy groups -OCH3 is 2. The number of hydrogen-bond acceptors (Lipinski definition) is 9. The third-order valence-corrected chi connectivity index (χ3v) is 7.26. The second kappa shape index (κ2) is 11.8. The number of thioether (sulfide) groups is 1. The van der Waals surface area contributed by atoms with Crippen LogP contribution in [0, 0.1) is 5.82 Å². The van der Waals surface area contributed by atoms with Crippen LogP contribution in [0.1, 0.15) is 12.5 Å². The fourth-order valence-electron chi connectivity index (χ4n) is 4.26. The van der Waals surface area contributed by atoms with E-state index in [1.807, 2.05) is 0 Å². The molecule has 5 rings (SSSR count). The van der Waals surface area contributed by atoms with Crippen LogP contribution in [0.15, 0.2) is 74.8 Å². The van der Waals surface area contributed by atoms with E-state index in [-0.39, 0.29) is 35.7 Å². The number of amides is 2. The Morgan fingerprint density at radius 3 is 2.44 bits per heavy atom. The molecule has 41 heavy (non-hydrogen) atoms. The van der Waals surface area contributed by atoms with E-state index < -0.39 is 22.4 Å². The normalized spacial score (nSPS) is 14.1. The number of carbonyl (C=O) groups is 2.